The molecule has 0 amide bonds. The Labute approximate surface area is 458 Å². The smallest absolute Gasteiger partial charge is 0.163 e. The molecule has 7 aliphatic rings. The van der Waals surface area contributed by atoms with Gasteiger partial charge < -0.3 is 76.9 Å². The molecular formula is C60H108O16. The fourth-order valence-corrected chi connectivity index (χ4v) is 13.8. The minimum Gasteiger partial charge on any atom is -0.394 e. The molecule has 35 atom stereocenters. The topological polar surface area (TPSA) is 181 Å². The summed E-state index contributed by atoms with van der Waals surface area (Å²) in [6.07, 6.45) is -5.81. The highest BCUT2D eigenvalue weighted by Crippen LogP contribution is 2.46. The molecule has 444 valence electrons. The third-order valence-corrected chi connectivity index (χ3v) is 20.9. The van der Waals surface area contributed by atoms with Gasteiger partial charge >= 0.3 is 0 Å². The highest BCUT2D eigenvalue weighted by molar-refractivity contribution is 4.97. The van der Waals surface area contributed by atoms with Crippen molar-refractivity contribution in [1.29, 1.82) is 0 Å². The molecule has 0 aliphatic carbocycles. The maximum atomic E-state index is 12.0. The summed E-state index contributed by atoms with van der Waals surface area (Å²) in [5.74, 6) is 0.391. The Morgan fingerprint density at radius 3 is 0.947 bits per heavy atom. The molecule has 0 aromatic carbocycles. The zero-order chi connectivity index (χ0) is 55.9. The first-order chi connectivity index (χ1) is 35.9. The molecule has 0 aromatic rings. The van der Waals surface area contributed by atoms with Gasteiger partial charge in [-0.15, -0.1) is 0 Å². The van der Waals surface area contributed by atoms with Gasteiger partial charge in [0.1, 0.15) is 12.2 Å². The number of hydrogen-bond donors (Lipinski definition) is 3. The van der Waals surface area contributed by atoms with E-state index in [4.69, 9.17) is 61.6 Å². The first-order valence-corrected chi connectivity index (χ1v) is 30.4. The predicted molar refractivity (Wildman–Crippen MR) is 286 cm³/mol. The maximum Gasteiger partial charge on any atom is 0.163 e. The van der Waals surface area contributed by atoms with Crippen molar-refractivity contribution in [3.63, 3.8) is 0 Å². The van der Waals surface area contributed by atoms with Crippen LogP contribution in [0.25, 0.3) is 0 Å². The second-order valence-electron chi connectivity index (χ2n) is 25.5. The molecule has 7 fully saturated rings. The average Bonchev–Trinajstić information content (AvgIpc) is 3.40. The van der Waals surface area contributed by atoms with Gasteiger partial charge in [-0.2, -0.15) is 0 Å². The van der Waals surface area contributed by atoms with Crippen LogP contribution in [0.2, 0.25) is 0 Å². The van der Waals surface area contributed by atoms with Crippen LogP contribution in [0.15, 0.2) is 0 Å². The van der Waals surface area contributed by atoms with Crippen LogP contribution < -0.4 is 0 Å². The molecule has 16 nitrogen and oxygen atoms in total. The lowest BCUT2D eigenvalue weighted by atomic mass is 9.80. The Morgan fingerprint density at radius 2 is 0.553 bits per heavy atom. The van der Waals surface area contributed by atoms with Crippen LogP contribution >= 0.6 is 0 Å². The molecule has 0 saturated carbocycles. The number of hydrogen-bond acceptors (Lipinski definition) is 16. The van der Waals surface area contributed by atoms with Crippen LogP contribution in [0, 0.1) is 76.9 Å². The molecule has 76 heavy (non-hydrogen) atoms. The van der Waals surface area contributed by atoms with E-state index < -0.39 is 68.1 Å². The van der Waals surface area contributed by atoms with Gasteiger partial charge in [0.2, 0.25) is 0 Å². The van der Waals surface area contributed by atoms with Crippen molar-refractivity contribution in [2.45, 2.75) is 300 Å². The van der Waals surface area contributed by atoms with Crippen molar-refractivity contribution in [2.75, 3.05) is 6.61 Å². The van der Waals surface area contributed by atoms with Gasteiger partial charge in [0.25, 0.3) is 0 Å². The summed E-state index contributed by atoms with van der Waals surface area (Å²) in [5.41, 5.74) is 0. The van der Waals surface area contributed by atoms with Crippen molar-refractivity contribution < 1.29 is 76.9 Å². The largest absolute Gasteiger partial charge is 0.394 e. The van der Waals surface area contributed by atoms with Gasteiger partial charge in [-0.3, -0.25) is 0 Å². The molecule has 0 bridgehead atoms. The number of rotatable bonds is 17. The van der Waals surface area contributed by atoms with Crippen molar-refractivity contribution in [3.05, 3.63) is 0 Å². The molecule has 7 rings (SSSR count). The quantitative estimate of drug-likeness (QED) is 0.125. The number of aliphatic hydroxyl groups excluding tert-OH is 3. The van der Waals surface area contributed by atoms with E-state index in [0.717, 1.165) is 25.7 Å². The second kappa shape index (κ2) is 26.7. The monoisotopic (exact) mass is 1080 g/mol. The third-order valence-electron chi connectivity index (χ3n) is 20.9. The lowest BCUT2D eigenvalue weighted by Gasteiger charge is -2.52. The molecule has 3 N–H and O–H groups in total. The van der Waals surface area contributed by atoms with Crippen LogP contribution in [0.3, 0.4) is 0 Å². The van der Waals surface area contributed by atoms with E-state index in [1.807, 2.05) is 27.7 Å². The standard InChI is InChI=1S/C60H108O16/c1-21-42-47(62)27(6)33(12)57(67-42)74-52-32(11)37(16)59(69-45(52)24-4)75-53-31(10)36(15)58(68-44(53)23-3)71-49-30(9)35(14)56(66-40(49)19)76-54-46(25-61)70-60(38(17)48(54)63)72-50-29(8)34(13)55(65-41(50)20)73-51-28(7)26(5)39(18)64-43(51)22-2/h26-63H,21-25H2,1-20H3/t26?,27?,28-,29?,30-,31-,32?,33?,34?,35?,36?,37?,38?,39+,40?,41+,42-,43?,44?,45-,46-,47+,48?,49-,50+,51-,52+,53-,54-,55-,56+,57-,58+,59-,60-/m1/s1. The Hall–Kier alpha value is -0.640. The SMILES string of the molecule is CCC1O[C@@H](O[C@H]2C(C)O[C@@H](O[C@H]3C(O)C(C)[C@@H](O[C@H]4C(C)C(C)[C@@H](O[C@H]5C(CC)O[C@@H](C)C(C)[C@H]5C)O[C@H]4C)O[C@@H]3CO)C(C)[C@H]2C)C(C)[C@@H](C)[C@H]1O[C@H]1O[C@H](CC)[C@@H](O[C@H]2O[C@H](CC)[C@@H](O)C(C)C2C)C(C)C1C. The van der Waals surface area contributed by atoms with Gasteiger partial charge in [-0.05, 0) is 87.9 Å². The molecule has 0 radical (unpaired) electrons. The van der Waals surface area contributed by atoms with E-state index in [1.165, 1.54) is 0 Å². The van der Waals surface area contributed by atoms with E-state index in [-0.39, 0.29) is 139 Å². The minimum absolute atomic E-state index is 0.00220. The molecule has 0 aromatic heterocycles. The minimum atomic E-state index is -1.02. The summed E-state index contributed by atoms with van der Waals surface area (Å²) in [7, 11) is 0. The first-order valence-electron chi connectivity index (χ1n) is 30.4. The Kier molecular flexibility index (Phi) is 22.1. The van der Waals surface area contributed by atoms with E-state index in [1.54, 1.807) is 0 Å². The molecule has 0 spiro atoms. The lowest BCUT2D eigenvalue weighted by Crippen LogP contribution is -2.62. The van der Waals surface area contributed by atoms with Gasteiger partial charge in [0.05, 0.1) is 92.1 Å². The summed E-state index contributed by atoms with van der Waals surface area (Å²) in [6.45, 7) is 42.2. The number of ether oxygens (including phenoxy) is 13. The Balaban J connectivity index is 0.925. The highest BCUT2D eigenvalue weighted by Gasteiger charge is 2.55. The maximum absolute atomic E-state index is 12.0. The zero-order valence-electron chi connectivity index (χ0n) is 50.4. The van der Waals surface area contributed by atoms with E-state index in [9.17, 15) is 15.3 Å². The second-order valence-corrected chi connectivity index (χ2v) is 25.5. The summed E-state index contributed by atoms with van der Waals surface area (Å²) in [6, 6.07) is 0. The van der Waals surface area contributed by atoms with E-state index in [0.29, 0.717) is 11.8 Å². The molecule has 7 saturated heterocycles. The normalized spacial score (nSPS) is 54.6. The first kappa shape index (κ1) is 63.0. The van der Waals surface area contributed by atoms with Crippen molar-refractivity contribution in [3.8, 4) is 0 Å². The fraction of sp³-hybridized carbons (Fsp3) is 1.00. The van der Waals surface area contributed by atoms with E-state index >= 15 is 0 Å². The summed E-state index contributed by atoms with van der Waals surface area (Å²) in [5, 5.41) is 33.6. The Bertz CT molecular complexity index is 1750. The van der Waals surface area contributed by atoms with Crippen molar-refractivity contribution in [1.82, 2.24) is 0 Å². The molecule has 7 aliphatic heterocycles. The van der Waals surface area contributed by atoms with Crippen LogP contribution in [-0.2, 0) is 61.6 Å². The average molecular weight is 1090 g/mol. The van der Waals surface area contributed by atoms with Crippen LogP contribution in [-0.4, -0.2) is 157 Å². The molecule has 16 heteroatoms. The van der Waals surface area contributed by atoms with Crippen LogP contribution in [0.4, 0.5) is 0 Å². The summed E-state index contributed by atoms with van der Waals surface area (Å²) < 4.78 is 87.3. The van der Waals surface area contributed by atoms with Gasteiger partial charge in [-0.1, -0.05) is 118 Å². The number of aliphatic hydroxyl groups is 3. The van der Waals surface area contributed by atoms with Crippen LogP contribution in [0.5, 0.6) is 0 Å². The highest BCUT2D eigenvalue weighted by atomic mass is 16.8. The summed E-state index contributed by atoms with van der Waals surface area (Å²) in [4.78, 5) is 0. The lowest BCUT2D eigenvalue weighted by molar-refractivity contribution is -0.372. The summed E-state index contributed by atoms with van der Waals surface area (Å²) >= 11 is 0. The van der Waals surface area contributed by atoms with Crippen LogP contribution in [0.1, 0.15) is 164 Å². The van der Waals surface area contributed by atoms with Gasteiger partial charge in [0.15, 0.2) is 37.7 Å². The predicted octanol–water partition coefficient (Wildman–Crippen LogP) is 9.10. The Morgan fingerprint density at radius 1 is 0.263 bits per heavy atom. The van der Waals surface area contributed by atoms with Crippen molar-refractivity contribution in [2.24, 2.45) is 76.9 Å². The van der Waals surface area contributed by atoms with Gasteiger partial charge in [0, 0.05) is 35.5 Å². The zero-order valence-corrected chi connectivity index (χ0v) is 50.4. The fourth-order valence-electron chi connectivity index (χ4n) is 13.8. The van der Waals surface area contributed by atoms with Gasteiger partial charge in [-0.25, -0.2) is 0 Å². The van der Waals surface area contributed by atoms with Crippen molar-refractivity contribution >= 4 is 0 Å². The van der Waals surface area contributed by atoms with E-state index in [2.05, 4.69) is 111 Å². The third kappa shape index (κ3) is 12.8. The molecule has 7 heterocycles. The molecule has 14 unspecified atom stereocenters. The molecular weight excluding hydrogens is 977 g/mol.